The highest BCUT2D eigenvalue weighted by Crippen LogP contribution is 2.31. The molecule has 0 unspecified atom stereocenters. The molecule has 0 atom stereocenters. The molecule has 1 heterocycles. The molecular formula is C22H26N2O3S2. The third-order valence-corrected chi connectivity index (χ3v) is 7.01. The van der Waals surface area contributed by atoms with Gasteiger partial charge in [0, 0.05) is 23.2 Å². The first-order valence-corrected chi connectivity index (χ1v) is 11.7. The third kappa shape index (κ3) is 5.04. The molecule has 0 aliphatic heterocycles. The van der Waals surface area contributed by atoms with E-state index in [0.717, 1.165) is 27.4 Å². The van der Waals surface area contributed by atoms with Crippen LogP contribution in [-0.2, 0) is 22.0 Å². The van der Waals surface area contributed by atoms with Crippen molar-refractivity contribution in [2.75, 3.05) is 7.11 Å². The molecule has 3 rings (SSSR count). The lowest BCUT2D eigenvalue weighted by atomic mass is 9.87. The number of aryl methyl sites for hydroxylation is 1. The van der Waals surface area contributed by atoms with Crippen LogP contribution in [0.3, 0.4) is 0 Å². The molecule has 0 bridgehead atoms. The Morgan fingerprint density at radius 2 is 1.90 bits per heavy atom. The number of aromatic nitrogens is 1. The average Bonchev–Trinajstić information content (AvgIpc) is 3.12. The molecule has 0 spiro atoms. The first kappa shape index (κ1) is 21.5. The fourth-order valence-electron chi connectivity index (χ4n) is 2.91. The number of ether oxygens (including phenoxy) is 1. The number of hydrogen-bond acceptors (Lipinski definition) is 5. The SMILES string of the molecule is COc1ccc(C(C)(C)C)cc1S(=O)(=O)NCc1cccc(-c2nc(C)cs2)c1. The van der Waals surface area contributed by atoms with Gasteiger partial charge >= 0.3 is 0 Å². The summed E-state index contributed by atoms with van der Waals surface area (Å²) in [5.41, 5.74) is 3.58. The zero-order chi connectivity index (χ0) is 21.2. The smallest absolute Gasteiger partial charge is 0.244 e. The molecule has 0 fully saturated rings. The molecule has 2 aromatic carbocycles. The number of methoxy groups -OCH3 is 1. The van der Waals surface area contributed by atoms with Gasteiger partial charge in [0.2, 0.25) is 10.0 Å². The summed E-state index contributed by atoms with van der Waals surface area (Å²) in [5.74, 6) is 0.331. The van der Waals surface area contributed by atoms with Crippen molar-refractivity contribution in [3.63, 3.8) is 0 Å². The molecule has 0 radical (unpaired) electrons. The highest BCUT2D eigenvalue weighted by Gasteiger charge is 2.23. The van der Waals surface area contributed by atoms with Gasteiger partial charge < -0.3 is 4.74 Å². The fourth-order valence-corrected chi connectivity index (χ4v) is 4.92. The van der Waals surface area contributed by atoms with Crippen LogP contribution in [0.4, 0.5) is 0 Å². The highest BCUT2D eigenvalue weighted by molar-refractivity contribution is 7.89. The van der Waals surface area contributed by atoms with Crippen LogP contribution in [0.5, 0.6) is 5.75 Å². The Morgan fingerprint density at radius 1 is 1.14 bits per heavy atom. The summed E-state index contributed by atoms with van der Waals surface area (Å²) in [5, 5.41) is 2.92. The van der Waals surface area contributed by atoms with Crippen molar-refractivity contribution < 1.29 is 13.2 Å². The summed E-state index contributed by atoms with van der Waals surface area (Å²) in [7, 11) is -2.27. The Bertz CT molecular complexity index is 1110. The van der Waals surface area contributed by atoms with Crippen molar-refractivity contribution >= 4 is 21.4 Å². The van der Waals surface area contributed by atoms with E-state index in [1.54, 1.807) is 23.5 Å². The summed E-state index contributed by atoms with van der Waals surface area (Å²) in [6, 6.07) is 13.1. The molecule has 0 aliphatic rings. The number of nitrogens with zero attached hydrogens (tertiary/aromatic N) is 1. The molecule has 0 saturated carbocycles. The van der Waals surface area contributed by atoms with Gasteiger partial charge in [0.05, 0.1) is 7.11 Å². The highest BCUT2D eigenvalue weighted by atomic mass is 32.2. The lowest BCUT2D eigenvalue weighted by molar-refractivity contribution is 0.401. The Morgan fingerprint density at radius 3 is 2.52 bits per heavy atom. The Kier molecular flexibility index (Phi) is 6.12. The normalized spacial score (nSPS) is 12.2. The van der Waals surface area contributed by atoms with E-state index in [2.05, 4.69) is 9.71 Å². The van der Waals surface area contributed by atoms with Crippen molar-refractivity contribution in [2.24, 2.45) is 0 Å². The maximum absolute atomic E-state index is 13.0. The number of thiazole rings is 1. The lowest BCUT2D eigenvalue weighted by Gasteiger charge is -2.21. The molecular weight excluding hydrogens is 404 g/mol. The predicted molar refractivity (Wildman–Crippen MR) is 118 cm³/mol. The van der Waals surface area contributed by atoms with Crippen molar-refractivity contribution in [1.82, 2.24) is 9.71 Å². The van der Waals surface area contributed by atoms with Crippen molar-refractivity contribution in [3.8, 4) is 16.3 Å². The van der Waals surface area contributed by atoms with Crippen LogP contribution in [0, 0.1) is 6.92 Å². The largest absolute Gasteiger partial charge is 0.495 e. The molecule has 1 aromatic heterocycles. The molecule has 5 nitrogen and oxygen atoms in total. The molecule has 1 N–H and O–H groups in total. The summed E-state index contributed by atoms with van der Waals surface area (Å²) in [4.78, 5) is 4.65. The standard InChI is InChI=1S/C22H26N2O3S2/c1-15-14-28-21(24-15)17-8-6-7-16(11-17)13-23-29(25,26)20-12-18(22(2,3)4)9-10-19(20)27-5/h6-12,14,23H,13H2,1-5H3. The number of benzene rings is 2. The molecule has 0 amide bonds. The number of hydrogen-bond donors (Lipinski definition) is 1. The van der Waals surface area contributed by atoms with Crippen molar-refractivity contribution in [2.45, 2.75) is 44.6 Å². The van der Waals surface area contributed by atoms with Gasteiger partial charge in [-0.1, -0.05) is 45.0 Å². The van der Waals surface area contributed by atoms with Gasteiger partial charge in [0.15, 0.2) is 0 Å². The molecule has 29 heavy (non-hydrogen) atoms. The maximum atomic E-state index is 13.0. The van der Waals surface area contributed by atoms with E-state index in [4.69, 9.17) is 4.74 Å². The van der Waals surface area contributed by atoms with E-state index in [1.807, 2.05) is 63.4 Å². The van der Waals surface area contributed by atoms with E-state index in [9.17, 15) is 8.42 Å². The second-order valence-corrected chi connectivity index (χ2v) is 10.5. The predicted octanol–water partition coefficient (Wildman–Crippen LogP) is 4.90. The minimum atomic E-state index is -3.75. The Labute approximate surface area is 176 Å². The topological polar surface area (TPSA) is 68.3 Å². The maximum Gasteiger partial charge on any atom is 0.244 e. The van der Waals surface area contributed by atoms with Crippen LogP contribution in [-0.4, -0.2) is 20.5 Å². The van der Waals surface area contributed by atoms with Gasteiger partial charge in [0.1, 0.15) is 15.7 Å². The Balaban J connectivity index is 1.85. The van der Waals surface area contributed by atoms with E-state index in [-0.39, 0.29) is 16.9 Å². The van der Waals surface area contributed by atoms with E-state index in [1.165, 1.54) is 7.11 Å². The minimum Gasteiger partial charge on any atom is -0.495 e. The first-order chi connectivity index (χ1) is 13.6. The molecule has 154 valence electrons. The van der Waals surface area contributed by atoms with Gasteiger partial charge in [-0.15, -0.1) is 11.3 Å². The number of rotatable bonds is 6. The number of sulfonamides is 1. The number of nitrogens with one attached hydrogen (secondary N) is 1. The van der Waals surface area contributed by atoms with Crippen molar-refractivity contribution in [1.29, 1.82) is 0 Å². The van der Waals surface area contributed by atoms with Gasteiger partial charge in [0.25, 0.3) is 0 Å². The van der Waals surface area contributed by atoms with Gasteiger partial charge in [-0.05, 0) is 41.7 Å². The summed E-state index contributed by atoms with van der Waals surface area (Å²) in [6.07, 6.45) is 0. The zero-order valence-electron chi connectivity index (χ0n) is 17.3. The summed E-state index contributed by atoms with van der Waals surface area (Å²) >= 11 is 1.57. The summed E-state index contributed by atoms with van der Waals surface area (Å²) in [6.45, 7) is 8.28. The minimum absolute atomic E-state index is 0.152. The van der Waals surface area contributed by atoms with Crippen LogP contribution in [0.1, 0.15) is 37.6 Å². The second-order valence-electron chi connectivity index (χ2n) is 7.93. The van der Waals surface area contributed by atoms with Gasteiger partial charge in [-0.25, -0.2) is 18.1 Å². The molecule has 0 saturated heterocycles. The monoisotopic (exact) mass is 430 g/mol. The van der Waals surface area contributed by atoms with Gasteiger partial charge in [-0.2, -0.15) is 0 Å². The molecule has 7 heteroatoms. The Hall–Kier alpha value is -2.22. The lowest BCUT2D eigenvalue weighted by Crippen LogP contribution is -2.24. The van der Waals surface area contributed by atoms with Crippen LogP contribution in [0.2, 0.25) is 0 Å². The fraction of sp³-hybridized carbons (Fsp3) is 0.318. The van der Waals surface area contributed by atoms with E-state index < -0.39 is 10.0 Å². The van der Waals surface area contributed by atoms with Crippen LogP contribution >= 0.6 is 11.3 Å². The van der Waals surface area contributed by atoms with Crippen LogP contribution in [0.25, 0.3) is 10.6 Å². The van der Waals surface area contributed by atoms with Crippen LogP contribution in [0.15, 0.2) is 52.7 Å². The van der Waals surface area contributed by atoms with Crippen molar-refractivity contribution in [3.05, 3.63) is 64.7 Å². The third-order valence-electron chi connectivity index (χ3n) is 4.58. The average molecular weight is 431 g/mol. The van der Waals surface area contributed by atoms with Gasteiger partial charge in [-0.3, -0.25) is 0 Å². The second kappa shape index (κ2) is 8.26. The van der Waals surface area contributed by atoms with Crippen LogP contribution < -0.4 is 9.46 Å². The first-order valence-electron chi connectivity index (χ1n) is 9.30. The van der Waals surface area contributed by atoms with E-state index >= 15 is 0 Å². The quantitative estimate of drug-likeness (QED) is 0.604. The zero-order valence-corrected chi connectivity index (χ0v) is 18.9. The molecule has 3 aromatic rings. The summed E-state index contributed by atoms with van der Waals surface area (Å²) < 4.78 is 34.1. The van der Waals surface area contributed by atoms with E-state index in [0.29, 0.717) is 5.75 Å². The molecule has 0 aliphatic carbocycles.